The van der Waals surface area contributed by atoms with Crippen LogP contribution in [0.25, 0.3) is 55.0 Å². The number of nitrogens with zero attached hydrogens (tertiary/aromatic N) is 2. The third-order valence-electron chi connectivity index (χ3n) is 10.8. The fraction of sp³-hybridized carbons (Fsp3) is 0.362. The van der Waals surface area contributed by atoms with E-state index in [0.29, 0.717) is 0 Å². The first kappa shape index (κ1) is 33.2. The molecule has 0 N–H and O–H groups in total. The minimum absolute atomic E-state index is 0.0658. The van der Waals surface area contributed by atoms with Gasteiger partial charge in [0.05, 0.1) is 33.4 Å². The molecule has 7 rings (SSSR count). The highest BCUT2D eigenvalue weighted by atomic mass is 15.0. The van der Waals surface area contributed by atoms with Gasteiger partial charge in [-0.15, -0.1) is 0 Å². The Labute approximate surface area is 293 Å². The summed E-state index contributed by atoms with van der Waals surface area (Å²) in [5, 5.41) is 5.28. The minimum Gasteiger partial charge on any atom is -0.309 e. The van der Waals surface area contributed by atoms with Gasteiger partial charge in [-0.1, -0.05) is 113 Å². The zero-order chi connectivity index (χ0) is 35.4. The summed E-state index contributed by atoms with van der Waals surface area (Å²) in [6.45, 7) is 30.0. The lowest BCUT2D eigenvalue weighted by Gasteiger charge is -2.20. The average molecular weight is 647 g/mol. The Morgan fingerprint density at radius 3 is 0.816 bits per heavy atom. The number of hydrogen-bond acceptors (Lipinski definition) is 0. The van der Waals surface area contributed by atoms with Crippen LogP contribution < -0.4 is 0 Å². The molecule has 0 saturated heterocycles. The van der Waals surface area contributed by atoms with Gasteiger partial charge in [0.2, 0.25) is 0 Å². The van der Waals surface area contributed by atoms with Gasteiger partial charge in [0.25, 0.3) is 0 Å². The first-order valence-corrected chi connectivity index (χ1v) is 18.0. The molecule has 2 nitrogen and oxygen atoms in total. The minimum atomic E-state index is 0.0658. The predicted octanol–water partition coefficient (Wildman–Crippen LogP) is 13.4. The van der Waals surface area contributed by atoms with Crippen molar-refractivity contribution in [3.8, 4) is 11.4 Å². The van der Waals surface area contributed by atoms with Crippen molar-refractivity contribution in [1.29, 1.82) is 0 Å². The highest BCUT2D eigenvalue weighted by Crippen LogP contribution is 2.41. The van der Waals surface area contributed by atoms with Crippen molar-refractivity contribution in [1.82, 2.24) is 9.13 Å². The lowest BCUT2D eigenvalue weighted by Crippen LogP contribution is -2.10. The highest BCUT2D eigenvalue weighted by Gasteiger charge is 2.24. The van der Waals surface area contributed by atoms with E-state index >= 15 is 0 Å². The van der Waals surface area contributed by atoms with Gasteiger partial charge in [0.1, 0.15) is 0 Å². The summed E-state index contributed by atoms with van der Waals surface area (Å²) in [6, 6.07) is 35.3. The van der Waals surface area contributed by atoms with Gasteiger partial charge in [0, 0.05) is 21.5 Å². The topological polar surface area (TPSA) is 9.86 Å². The molecule has 252 valence electrons. The van der Waals surface area contributed by atoms with Crippen LogP contribution in [0.15, 0.2) is 91.0 Å². The Bertz CT molecular complexity index is 2100. The van der Waals surface area contributed by atoms with Crippen LogP contribution in [-0.2, 0) is 21.7 Å². The van der Waals surface area contributed by atoms with Gasteiger partial charge in [-0.3, -0.25) is 0 Å². The second kappa shape index (κ2) is 10.8. The Balaban J connectivity index is 1.54. The van der Waals surface area contributed by atoms with Crippen LogP contribution in [0.2, 0.25) is 0 Å². The van der Waals surface area contributed by atoms with E-state index in [0.717, 1.165) is 0 Å². The third kappa shape index (κ3) is 5.49. The lowest BCUT2D eigenvalue weighted by molar-refractivity contribution is 0.590. The zero-order valence-electron chi connectivity index (χ0n) is 32.1. The quantitative estimate of drug-likeness (QED) is 0.177. The second-order valence-electron chi connectivity index (χ2n) is 18.5. The van der Waals surface area contributed by atoms with Crippen molar-refractivity contribution in [2.75, 3.05) is 0 Å². The van der Waals surface area contributed by atoms with Crippen molar-refractivity contribution in [3.63, 3.8) is 0 Å². The summed E-state index contributed by atoms with van der Waals surface area (Å²) in [6.07, 6.45) is 0. The maximum absolute atomic E-state index is 2.51. The molecular formula is C47H54N2. The van der Waals surface area contributed by atoms with Crippen molar-refractivity contribution < 1.29 is 0 Å². The Morgan fingerprint density at radius 1 is 0.347 bits per heavy atom. The van der Waals surface area contributed by atoms with E-state index in [1.807, 2.05) is 0 Å². The molecule has 0 saturated carbocycles. The first-order chi connectivity index (χ1) is 22.7. The summed E-state index contributed by atoms with van der Waals surface area (Å²) in [4.78, 5) is 0. The van der Waals surface area contributed by atoms with Crippen molar-refractivity contribution in [2.24, 2.45) is 0 Å². The number of fused-ring (bicyclic) bond motifs is 6. The molecule has 2 heteroatoms. The lowest BCUT2D eigenvalue weighted by atomic mass is 9.85. The largest absolute Gasteiger partial charge is 0.309 e. The molecule has 49 heavy (non-hydrogen) atoms. The molecule has 0 aliphatic heterocycles. The summed E-state index contributed by atoms with van der Waals surface area (Å²) >= 11 is 0. The molecule has 5 aromatic carbocycles. The molecule has 0 radical (unpaired) electrons. The standard InChI is InChI=1S/C47H54N2/c1-29-38(48-40-21-17-30(44(2,3)4)25-34(40)35-26-31(45(5,6)7)18-22-41(35)48)15-14-16-39(29)49-42-23-19-32(46(8,9)10)27-36(42)37-28-33(47(11,12)13)20-24-43(37)49/h14-28H,1-13H3. The molecule has 7 aromatic rings. The summed E-state index contributed by atoms with van der Waals surface area (Å²) in [5.41, 5.74) is 14.4. The average Bonchev–Trinajstić information content (AvgIpc) is 3.51. The molecule has 2 aromatic heterocycles. The molecule has 0 atom stereocenters. The number of hydrogen-bond donors (Lipinski definition) is 0. The maximum Gasteiger partial charge on any atom is 0.0541 e. The maximum atomic E-state index is 2.51. The SMILES string of the molecule is Cc1c(-n2c3ccc(C(C)(C)C)cc3c3cc(C(C)(C)C)ccc32)cccc1-n1c2ccc(C(C)(C)C)cc2c2cc(C(C)(C)C)ccc21. The number of benzene rings is 5. The Kier molecular flexibility index (Phi) is 7.35. The van der Waals surface area contributed by atoms with E-state index in [4.69, 9.17) is 0 Å². The van der Waals surface area contributed by atoms with E-state index in [1.165, 1.54) is 82.8 Å². The fourth-order valence-corrected chi connectivity index (χ4v) is 7.53. The molecule has 2 heterocycles. The normalized spacial score (nSPS) is 13.4. The summed E-state index contributed by atoms with van der Waals surface area (Å²) in [7, 11) is 0. The van der Waals surface area contributed by atoms with E-state index in [-0.39, 0.29) is 21.7 Å². The molecule has 0 aliphatic rings. The molecule has 0 bridgehead atoms. The molecule has 0 aliphatic carbocycles. The smallest absolute Gasteiger partial charge is 0.0541 e. The van der Waals surface area contributed by atoms with Gasteiger partial charge in [-0.2, -0.15) is 0 Å². The predicted molar refractivity (Wildman–Crippen MR) is 215 cm³/mol. The number of rotatable bonds is 2. The highest BCUT2D eigenvalue weighted by molar-refractivity contribution is 6.11. The zero-order valence-corrected chi connectivity index (χ0v) is 32.1. The van der Waals surface area contributed by atoms with Gasteiger partial charge in [-0.05, 0) is 117 Å². The summed E-state index contributed by atoms with van der Waals surface area (Å²) < 4.78 is 5.01. The van der Waals surface area contributed by atoms with Crippen LogP contribution >= 0.6 is 0 Å². The Morgan fingerprint density at radius 2 is 0.592 bits per heavy atom. The molecule has 0 amide bonds. The molecule has 0 unspecified atom stereocenters. The van der Waals surface area contributed by atoms with Crippen LogP contribution in [0.1, 0.15) is 111 Å². The van der Waals surface area contributed by atoms with E-state index in [2.05, 4.69) is 190 Å². The number of aromatic nitrogens is 2. The van der Waals surface area contributed by atoms with Crippen LogP contribution in [0.5, 0.6) is 0 Å². The van der Waals surface area contributed by atoms with Gasteiger partial charge < -0.3 is 9.13 Å². The van der Waals surface area contributed by atoms with Gasteiger partial charge >= 0.3 is 0 Å². The monoisotopic (exact) mass is 646 g/mol. The molecule has 0 fully saturated rings. The van der Waals surface area contributed by atoms with Crippen LogP contribution in [0, 0.1) is 6.92 Å². The van der Waals surface area contributed by atoms with Crippen molar-refractivity contribution in [3.05, 3.63) is 119 Å². The first-order valence-electron chi connectivity index (χ1n) is 18.0. The van der Waals surface area contributed by atoms with Gasteiger partial charge in [-0.25, -0.2) is 0 Å². The second-order valence-corrected chi connectivity index (χ2v) is 18.5. The van der Waals surface area contributed by atoms with Crippen LogP contribution in [0.4, 0.5) is 0 Å². The van der Waals surface area contributed by atoms with Crippen LogP contribution in [-0.4, -0.2) is 9.13 Å². The third-order valence-corrected chi connectivity index (χ3v) is 10.8. The molecule has 0 spiro atoms. The summed E-state index contributed by atoms with van der Waals surface area (Å²) in [5.74, 6) is 0. The van der Waals surface area contributed by atoms with Crippen molar-refractivity contribution in [2.45, 2.75) is 112 Å². The van der Waals surface area contributed by atoms with E-state index < -0.39 is 0 Å². The van der Waals surface area contributed by atoms with Crippen LogP contribution in [0.3, 0.4) is 0 Å². The van der Waals surface area contributed by atoms with Gasteiger partial charge in [0.15, 0.2) is 0 Å². The molecular weight excluding hydrogens is 593 g/mol. The van der Waals surface area contributed by atoms with E-state index in [9.17, 15) is 0 Å². The Hall–Kier alpha value is -4.30. The fourth-order valence-electron chi connectivity index (χ4n) is 7.53. The van der Waals surface area contributed by atoms with Crippen molar-refractivity contribution >= 4 is 43.6 Å². The van der Waals surface area contributed by atoms with E-state index in [1.54, 1.807) is 0 Å².